The number of hydrogen-bond acceptors (Lipinski definition) is 4. The standard InChI is InChI=1S/C20H27F3IN3O2/c1-29-13-15(28)12-26-8-5-14(6-9-26)25-17-3-2-4-18-16(17)11-19(24)27(18)10-7-20(21,22)23/h2-4,11,14-15,25,28H,5-10,12-13H2,1H3. The number of piperidine rings is 1. The molecule has 1 aliphatic rings. The molecule has 0 aliphatic carbocycles. The van der Waals surface area contributed by atoms with Crippen LogP contribution in [0.2, 0.25) is 0 Å². The van der Waals surface area contributed by atoms with Gasteiger partial charge in [0.2, 0.25) is 0 Å². The number of ether oxygens (including phenoxy) is 1. The number of aliphatic hydroxyl groups is 1. The molecule has 1 saturated heterocycles. The van der Waals surface area contributed by atoms with Gasteiger partial charge in [-0.1, -0.05) is 6.07 Å². The van der Waals surface area contributed by atoms with Crippen LogP contribution in [0.25, 0.3) is 10.9 Å². The van der Waals surface area contributed by atoms with Gasteiger partial charge in [0.15, 0.2) is 0 Å². The van der Waals surface area contributed by atoms with E-state index in [4.69, 9.17) is 4.74 Å². The molecule has 2 aromatic rings. The Morgan fingerprint density at radius 2 is 2.03 bits per heavy atom. The second kappa shape index (κ2) is 9.84. The summed E-state index contributed by atoms with van der Waals surface area (Å²) in [5, 5.41) is 14.4. The van der Waals surface area contributed by atoms with E-state index < -0.39 is 18.7 Å². The van der Waals surface area contributed by atoms with Crippen LogP contribution in [0.4, 0.5) is 18.9 Å². The number of hydrogen-bond donors (Lipinski definition) is 2. The topological polar surface area (TPSA) is 49.7 Å². The van der Waals surface area contributed by atoms with E-state index in [0.717, 1.165) is 46.2 Å². The van der Waals surface area contributed by atoms with Crippen LogP contribution in [0.5, 0.6) is 0 Å². The summed E-state index contributed by atoms with van der Waals surface area (Å²) >= 11 is 2.10. The number of fused-ring (bicyclic) bond motifs is 1. The molecular formula is C20H27F3IN3O2. The molecular weight excluding hydrogens is 498 g/mol. The highest BCUT2D eigenvalue weighted by Crippen LogP contribution is 2.31. The Morgan fingerprint density at radius 1 is 1.31 bits per heavy atom. The number of alkyl halides is 3. The average molecular weight is 525 g/mol. The molecule has 3 rings (SSSR count). The first-order valence-corrected chi connectivity index (χ1v) is 10.8. The molecule has 0 amide bonds. The lowest BCUT2D eigenvalue weighted by Gasteiger charge is -2.34. The number of aromatic nitrogens is 1. The normalized spacial score (nSPS) is 17.7. The van der Waals surface area contributed by atoms with Gasteiger partial charge in [0.05, 0.1) is 28.3 Å². The van der Waals surface area contributed by atoms with Crippen molar-refractivity contribution in [2.75, 3.05) is 38.7 Å². The van der Waals surface area contributed by atoms with Crippen LogP contribution >= 0.6 is 22.6 Å². The van der Waals surface area contributed by atoms with E-state index in [0.29, 0.717) is 19.2 Å². The highest BCUT2D eigenvalue weighted by atomic mass is 127. The molecule has 162 valence electrons. The Kier molecular flexibility index (Phi) is 7.69. The summed E-state index contributed by atoms with van der Waals surface area (Å²) in [6.07, 6.45) is -3.58. The van der Waals surface area contributed by atoms with E-state index in [-0.39, 0.29) is 6.54 Å². The minimum absolute atomic E-state index is 0.0725. The van der Waals surface area contributed by atoms with Crippen LogP contribution in [0.15, 0.2) is 24.3 Å². The minimum atomic E-state index is -4.17. The fourth-order valence-corrected chi connectivity index (χ4v) is 4.68. The molecule has 29 heavy (non-hydrogen) atoms. The maximum absolute atomic E-state index is 12.7. The van der Waals surface area contributed by atoms with Crippen molar-refractivity contribution < 1.29 is 23.0 Å². The molecule has 0 saturated carbocycles. The predicted octanol–water partition coefficient (Wildman–Crippen LogP) is 4.08. The smallest absolute Gasteiger partial charge is 0.389 e. The van der Waals surface area contributed by atoms with Crippen LogP contribution in [-0.4, -0.2) is 66.2 Å². The number of aliphatic hydroxyl groups excluding tert-OH is 1. The summed E-state index contributed by atoms with van der Waals surface area (Å²) in [6, 6.07) is 8.00. The van der Waals surface area contributed by atoms with Crippen molar-refractivity contribution in [2.24, 2.45) is 0 Å². The summed E-state index contributed by atoms with van der Waals surface area (Å²) in [5.41, 5.74) is 1.79. The summed E-state index contributed by atoms with van der Waals surface area (Å²) in [4.78, 5) is 2.24. The van der Waals surface area contributed by atoms with Crippen molar-refractivity contribution in [3.63, 3.8) is 0 Å². The molecule has 1 unspecified atom stereocenters. The van der Waals surface area contributed by atoms with E-state index >= 15 is 0 Å². The number of benzene rings is 1. The van der Waals surface area contributed by atoms with Crippen molar-refractivity contribution in [2.45, 2.75) is 44.1 Å². The van der Waals surface area contributed by atoms with Gasteiger partial charge in [0.1, 0.15) is 0 Å². The molecule has 0 bridgehead atoms. The van der Waals surface area contributed by atoms with Crippen molar-refractivity contribution in [1.29, 1.82) is 0 Å². The molecule has 1 aromatic heterocycles. The molecule has 0 radical (unpaired) electrons. The zero-order valence-corrected chi connectivity index (χ0v) is 18.5. The second-order valence-corrected chi connectivity index (χ2v) is 8.66. The zero-order valence-electron chi connectivity index (χ0n) is 16.4. The number of rotatable bonds is 8. The Hall–Kier alpha value is -1.04. The van der Waals surface area contributed by atoms with Gasteiger partial charge in [0.25, 0.3) is 0 Å². The van der Waals surface area contributed by atoms with E-state index in [9.17, 15) is 18.3 Å². The highest BCUT2D eigenvalue weighted by Gasteiger charge is 2.27. The first-order chi connectivity index (χ1) is 13.8. The highest BCUT2D eigenvalue weighted by molar-refractivity contribution is 14.1. The van der Waals surface area contributed by atoms with Gasteiger partial charge in [-0.25, -0.2) is 0 Å². The molecule has 1 fully saturated rings. The van der Waals surface area contributed by atoms with Gasteiger partial charge >= 0.3 is 6.18 Å². The van der Waals surface area contributed by atoms with Crippen molar-refractivity contribution in [1.82, 2.24) is 9.47 Å². The van der Waals surface area contributed by atoms with E-state index in [2.05, 4.69) is 32.8 Å². The molecule has 9 heteroatoms. The molecule has 2 N–H and O–H groups in total. The van der Waals surface area contributed by atoms with Crippen LogP contribution in [0.3, 0.4) is 0 Å². The van der Waals surface area contributed by atoms with E-state index in [1.54, 1.807) is 11.7 Å². The van der Waals surface area contributed by atoms with E-state index in [1.165, 1.54) is 0 Å². The number of methoxy groups -OCH3 is 1. The number of anilines is 1. The molecule has 0 spiro atoms. The van der Waals surface area contributed by atoms with Gasteiger partial charge in [-0.2, -0.15) is 13.2 Å². The largest absolute Gasteiger partial charge is 0.390 e. The summed E-state index contributed by atoms with van der Waals surface area (Å²) in [6.45, 7) is 2.65. The SMILES string of the molecule is COCC(O)CN1CCC(Nc2cccc3c2cc(I)n3CCC(F)(F)F)CC1. The Labute approximate surface area is 182 Å². The maximum Gasteiger partial charge on any atom is 0.390 e. The number of halogens is 4. The first-order valence-electron chi connectivity index (χ1n) is 9.77. The number of aryl methyl sites for hydroxylation is 1. The third-order valence-corrected chi connectivity index (χ3v) is 6.18. The quantitative estimate of drug-likeness (QED) is 0.511. The number of nitrogens with zero attached hydrogens (tertiary/aromatic N) is 2. The van der Waals surface area contributed by atoms with Gasteiger partial charge in [-0.15, -0.1) is 0 Å². The fraction of sp³-hybridized carbons (Fsp3) is 0.600. The van der Waals surface area contributed by atoms with E-state index in [1.807, 2.05) is 24.3 Å². The number of β-amino-alcohol motifs (C(OH)–C–C–N with tert-alkyl or cyclic N) is 1. The van der Waals surface area contributed by atoms with Crippen molar-refractivity contribution in [3.8, 4) is 0 Å². The predicted molar refractivity (Wildman–Crippen MR) is 116 cm³/mol. The Balaban J connectivity index is 1.64. The van der Waals surface area contributed by atoms with Gasteiger partial charge in [0, 0.05) is 50.4 Å². The van der Waals surface area contributed by atoms with Gasteiger partial charge in [-0.05, 0) is 53.6 Å². The monoisotopic (exact) mass is 525 g/mol. The number of likely N-dealkylation sites (tertiary alicyclic amines) is 1. The summed E-state index contributed by atoms with van der Waals surface area (Å²) in [5.74, 6) is 0. The average Bonchev–Trinajstić information content (AvgIpc) is 2.97. The molecule has 1 aliphatic heterocycles. The van der Waals surface area contributed by atoms with Crippen molar-refractivity contribution in [3.05, 3.63) is 28.0 Å². The fourth-order valence-electron chi connectivity index (χ4n) is 3.87. The number of nitrogens with one attached hydrogen (secondary N) is 1. The second-order valence-electron chi connectivity index (χ2n) is 7.55. The molecule has 2 heterocycles. The third kappa shape index (κ3) is 6.22. The minimum Gasteiger partial charge on any atom is -0.389 e. The van der Waals surface area contributed by atoms with Gasteiger partial charge in [-0.3, -0.25) is 0 Å². The molecule has 1 aromatic carbocycles. The Bertz CT molecular complexity index is 804. The summed E-state index contributed by atoms with van der Waals surface area (Å²) in [7, 11) is 1.58. The van der Waals surface area contributed by atoms with Crippen LogP contribution in [0, 0.1) is 3.70 Å². The lowest BCUT2D eigenvalue weighted by molar-refractivity contribution is -0.136. The summed E-state index contributed by atoms with van der Waals surface area (Å²) < 4.78 is 45.5. The molecule has 5 nitrogen and oxygen atoms in total. The maximum atomic E-state index is 12.7. The zero-order chi connectivity index (χ0) is 21.0. The lowest BCUT2D eigenvalue weighted by Crippen LogP contribution is -2.43. The van der Waals surface area contributed by atoms with Crippen LogP contribution < -0.4 is 5.32 Å². The van der Waals surface area contributed by atoms with Crippen LogP contribution in [0.1, 0.15) is 19.3 Å². The third-order valence-electron chi connectivity index (χ3n) is 5.29. The molecule has 1 atom stereocenters. The Morgan fingerprint density at radius 3 is 2.69 bits per heavy atom. The van der Waals surface area contributed by atoms with Gasteiger partial charge < -0.3 is 24.6 Å². The first kappa shape index (κ1) is 22.6. The van der Waals surface area contributed by atoms with Crippen LogP contribution in [-0.2, 0) is 11.3 Å². The lowest BCUT2D eigenvalue weighted by atomic mass is 10.0. The van der Waals surface area contributed by atoms with Crippen molar-refractivity contribution >= 4 is 39.2 Å².